The van der Waals surface area contributed by atoms with Crippen molar-refractivity contribution in [1.82, 2.24) is 0 Å². The second-order valence-corrected chi connectivity index (χ2v) is 11.8. The van der Waals surface area contributed by atoms with Gasteiger partial charge in [-0.15, -0.1) is 0 Å². The number of rotatable bonds is 3. The van der Waals surface area contributed by atoms with Crippen LogP contribution in [0.15, 0.2) is 11.6 Å². The molecule has 0 spiro atoms. The Morgan fingerprint density at radius 2 is 1.94 bits per heavy atom. The van der Waals surface area contributed by atoms with Crippen molar-refractivity contribution in [2.24, 2.45) is 40.4 Å². The Kier molecular flexibility index (Phi) is 4.90. The first-order valence-electron chi connectivity index (χ1n) is 12.7. The van der Waals surface area contributed by atoms with Crippen LogP contribution in [-0.4, -0.2) is 55.0 Å². The van der Waals surface area contributed by atoms with Gasteiger partial charge < -0.3 is 24.1 Å². The molecule has 1 N–H and O–H groups in total. The lowest BCUT2D eigenvalue weighted by Crippen LogP contribution is -2.58. The largest absolute Gasteiger partial charge is 0.455 e. The zero-order valence-corrected chi connectivity index (χ0v) is 19.8. The van der Waals surface area contributed by atoms with E-state index in [1.165, 1.54) is 31.8 Å². The van der Waals surface area contributed by atoms with Crippen LogP contribution in [0.2, 0.25) is 0 Å². The molecule has 2 heterocycles. The average Bonchev–Trinajstić information content (AvgIpc) is 3.22. The Balaban J connectivity index is 1.29. The van der Waals surface area contributed by atoms with Crippen LogP contribution in [0.25, 0.3) is 0 Å². The van der Waals surface area contributed by atoms with Crippen molar-refractivity contribution in [2.75, 3.05) is 13.2 Å². The van der Waals surface area contributed by atoms with Crippen LogP contribution in [0.3, 0.4) is 0 Å². The highest BCUT2D eigenvalue weighted by atomic mass is 16.7. The first-order chi connectivity index (χ1) is 15.2. The lowest BCUT2D eigenvalue weighted by Gasteiger charge is -2.59. The van der Waals surface area contributed by atoms with Crippen LogP contribution in [0.4, 0.5) is 0 Å². The van der Waals surface area contributed by atoms with Gasteiger partial charge in [0.2, 0.25) is 0 Å². The predicted octanol–water partition coefficient (Wildman–Crippen LogP) is 3.46. The number of esters is 1. The number of epoxide rings is 1. The third-order valence-corrected chi connectivity index (χ3v) is 10.6. The van der Waals surface area contributed by atoms with E-state index in [-0.39, 0.29) is 47.5 Å². The zero-order valence-electron chi connectivity index (χ0n) is 19.8. The molecule has 6 nitrogen and oxygen atoms in total. The lowest BCUT2D eigenvalue weighted by molar-refractivity contribution is -0.146. The maximum atomic E-state index is 11.6. The van der Waals surface area contributed by atoms with Crippen LogP contribution in [0.1, 0.15) is 59.8 Å². The molecule has 5 unspecified atom stereocenters. The van der Waals surface area contributed by atoms with Gasteiger partial charge in [-0.1, -0.05) is 26.3 Å². The zero-order chi connectivity index (χ0) is 22.4. The van der Waals surface area contributed by atoms with Gasteiger partial charge in [0, 0.05) is 18.3 Å². The van der Waals surface area contributed by atoms with E-state index in [4.69, 9.17) is 18.9 Å². The van der Waals surface area contributed by atoms with Gasteiger partial charge in [0.05, 0.1) is 25.4 Å². The van der Waals surface area contributed by atoms with E-state index in [1.807, 2.05) is 0 Å². The summed E-state index contributed by atoms with van der Waals surface area (Å²) in [6.07, 6.45) is 6.80. The highest BCUT2D eigenvalue weighted by Gasteiger charge is 2.69. The van der Waals surface area contributed by atoms with Crippen LogP contribution >= 0.6 is 0 Å². The van der Waals surface area contributed by atoms with Gasteiger partial charge in [0.25, 0.3) is 0 Å². The number of carbonyl (C=O) groups excluding carboxylic acids is 1. The molecule has 3 saturated carbocycles. The summed E-state index contributed by atoms with van der Waals surface area (Å²) in [5, 5.41) is 11.5. The highest BCUT2D eigenvalue weighted by molar-refractivity contribution is 5.66. The fourth-order valence-electron chi connectivity index (χ4n) is 9.11. The standard InChI is InChI=1S/C26H38O6/c1-13(24-29-9-10-30-24)16-5-6-17-21-18(7-8-25(16,17)3)26(4)15(11-19(21)28)12-20(31-14(2)27)22-23(26)32-22/h12-13,16-24,28H,5-11H2,1-4H3/t13?,16-,17+,18+,19?,20?,21+,22?,23?,25-,26+/m1/s1. The molecule has 32 heavy (non-hydrogen) atoms. The van der Waals surface area contributed by atoms with Crippen molar-refractivity contribution in [3.63, 3.8) is 0 Å². The summed E-state index contributed by atoms with van der Waals surface area (Å²) in [4.78, 5) is 11.6. The van der Waals surface area contributed by atoms with E-state index in [9.17, 15) is 9.90 Å². The summed E-state index contributed by atoms with van der Waals surface area (Å²) in [6.45, 7) is 10.0. The summed E-state index contributed by atoms with van der Waals surface area (Å²) >= 11 is 0. The molecular formula is C26H38O6. The maximum absolute atomic E-state index is 11.6. The molecule has 2 aliphatic heterocycles. The predicted molar refractivity (Wildman–Crippen MR) is 116 cm³/mol. The summed E-state index contributed by atoms with van der Waals surface area (Å²) < 4.78 is 23.5. The summed E-state index contributed by atoms with van der Waals surface area (Å²) in [7, 11) is 0. The maximum Gasteiger partial charge on any atom is 0.303 e. The number of hydrogen-bond acceptors (Lipinski definition) is 6. The minimum atomic E-state index is -0.342. The molecule has 6 aliphatic rings. The van der Waals surface area contributed by atoms with Gasteiger partial charge in [-0.2, -0.15) is 0 Å². The number of ether oxygens (including phenoxy) is 4. The summed E-state index contributed by atoms with van der Waals surface area (Å²) in [5.74, 6) is 1.91. The third-order valence-electron chi connectivity index (χ3n) is 10.6. The Morgan fingerprint density at radius 3 is 2.66 bits per heavy atom. The molecule has 0 radical (unpaired) electrons. The molecule has 0 aromatic carbocycles. The first kappa shape index (κ1) is 21.6. The normalized spacial score (nSPS) is 52.8. The lowest BCUT2D eigenvalue weighted by atomic mass is 9.45. The van der Waals surface area contributed by atoms with E-state index >= 15 is 0 Å². The molecule has 0 aromatic heterocycles. The molecule has 4 aliphatic carbocycles. The van der Waals surface area contributed by atoms with Gasteiger partial charge in [0.15, 0.2) is 6.29 Å². The molecule has 178 valence electrons. The molecule has 0 aromatic rings. The van der Waals surface area contributed by atoms with Crippen LogP contribution in [0.5, 0.6) is 0 Å². The second-order valence-electron chi connectivity index (χ2n) is 11.8. The Morgan fingerprint density at radius 1 is 1.19 bits per heavy atom. The smallest absolute Gasteiger partial charge is 0.303 e. The van der Waals surface area contributed by atoms with Crippen molar-refractivity contribution in [3.8, 4) is 0 Å². The van der Waals surface area contributed by atoms with Crippen LogP contribution in [0, 0.1) is 40.4 Å². The molecule has 0 amide bonds. The van der Waals surface area contributed by atoms with Crippen molar-refractivity contribution in [1.29, 1.82) is 0 Å². The number of hydrogen-bond donors (Lipinski definition) is 1. The van der Waals surface area contributed by atoms with E-state index in [0.29, 0.717) is 49.2 Å². The fraction of sp³-hybridized carbons (Fsp3) is 0.885. The topological polar surface area (TPSA) is 77.5 Å². The van der Waals surface area contributed by atoms with Crippen molar-refractivity contribution in [2.45, 2.75) is 90.5 Å². The molecule has 2 saturated heterocycles. The molecule has 0 bridgehead atoms. The molecule has 11 atom stereocenters. The third kappa shape index (κ3) is 2.88. The summed E-state index contributed by atoms with van der Waals surface area (Å²) in [5.41, 5.74) is 1.40. The Hall–Kier alpha value is -0.950. The number of aliphatic hydroxyl groups excluding tert-OH is 1. The van der Waals surface area contributed by atoms with Crippen LogP contribution in [-0.2, 0) is 23.7 Å². The minimum absolute atomic E-state index is 0.0233. The van der Waals surface area contributed by atoms with Crippen LogP contribution < -0.4 is 0 Å². The van der Waals surface area contributed by atoms with Crippen molar-refractivity contribution < 1.29 is 28.8 Å². The van der Waals surface area contributed by atoms with E-state index in [1.54, 1.807) is 0 Å². The number of fused-ring (bicyclic) bond motifs is 7. The molecule has 6 rings (SSSR count). The number of aliphatic hydroxyl groups is 1. The van der Waals surface area contributed by atoms with Gasteiger partial charge >= 0.3 is 5.97 Å². The first-order valence-corrected chi connectivity index (χ1v) is 12.7. The van der Waals surface area contributed by atoms with E-state index in [2.05, 4.69) is 26.8 Å². The van der Waals surface area contributed by atoms with Gasteiger partial charge in [-0.25, -0.2) is 0 Å². The molecule has 6 heteroatoms. The highest BCUT2D eigenvalue weighted by Crippen LogP contribution is 2.69. The van der Waals surface area contributed by atoms with E-state index in [0.717, 1.165) is 6.42 Å². The Labute approximate surface area is 191 Å². The van der Waals surface area contributed by atoms with E-state index < -0.39 is 0 Å². The SMILES string of the molecule is CC(=O)OC1C=C2CC(O)[C@H]3[C@@H]4CC[C@H](C(C)C5OCCO5)[C@@]4(C)CC[C@@H]3[C@@]2(C)C2OC12. The average molecular weight is 447 g/mol. The molecule has 5 fully saturated rings. The summed E-state index contributed by atoms with van der Waals surface area (Å²) in [6, 6.07) is 0. The van der Waals surface area contributed by atoms with Crippen molar-refractivity contribution >= 4 is 5.97 Å². The van der Waals surface area contributed by atoms with Gasteiger partial charge in [-0.3, -0.25) is 4.79 Å². The fourth-order valence-corrected chi connectivity index (χ4v) is 9.11. The molecular weight excluding hydrogens is 408 g/mol. The van der Waals surface area contributed by atoms with Gasteiger partial charge in [0.1, 0.15) is 12.2 Å². The second kappa shape index (κ2) is 7.27. The van der Waals surface area contributed by atoms with Crippen molar-refractivity contribution in [3.05, 3.63) is 11.6 Å². The quantitative estimate of drug-likeness (QED) is 0.406. The Bertz CT molecular complexity index is 819. The monoisotopic (exact) mass is 446 g/mol. The number of carbonyl (C=O) groups is 1. The minimum Gasteiger partial charge on any atom is -0.455 e. The van der Waals surface area contributed by atoms with Gasteiger partial charge in [-0.05, 0) is 67.3 Å².